The van der Waals surface area contributed by atoms with Gasteiger partial charge in [0.1, 0.15) is 0 Å². The van der Waals surface area contributed by atoms with E-state index < -0.39 is 0 Å². The number of hydrogen-bond donors (Lipinski definition) is 2. The van der Waals surface area contributed by atoms with Crippen LogP contribution in [0.2, 0.25) is 0 Å². The van der Waals surface area contributed by atoms with Crippen molar-refractivity contribution in [1.29, 1.82) is 5.26 Å². The normalized spacial score (nSPS) is 14.0. The molecule has 1 heterocycles. The summed E-state index contributed by atoms with van der Waals surface area (Å²) in [5, 5.41) is 14.6. The van der Waals surface area contributed by atoms with Gasteiger partial charge in [0.15, 0.2) is 0 Å². The van der Waals surface area contributed by atoms with E-state index in [1.165, 1.54) is 0 Å². The Labute approximate surface area is 164 Å². The molecule has 0 bridgehead atoms. The minimum Gasteiger partial charge on any atom is -0.334 e. The summed E-state index contributed by atoms with van der Waals surface area (Å²) in [5.41, 5.74) is 2.24. The maximum Gasteiger partial charge on any atom is 0.321 e. The Balaban J connectivity index is 1.48. The van der Waals surface area contributed by atoms with Crippen molar-refractivity contribution in [2.45, 2.75) is 13.0 Å². The smallest absolute Gasteiger partial charge is 0.321 e. The SMILES string of the molecule is N#Cc1ccc(NC(=O)N2CCCN(C(=O)NCc3ccccc3)CC2)cc1. The molecule has 0 atom stereocenters. The van der Waals surface area contributed by atoms with Crippen molar-refractivity contribution in [1.82, 2.24) is 15.1 Å². The molecule has 1 aliphatic heterocycles. The van der Waals surface area contributed by atoms with Crippen LogP contribution in [-0.2, 0) is 6.54 Å². The molecule has 28 heavy (non-hydrogen) atoms. The molecule has 1 aliphatic rings. The van der Waals surface area contributed by atoms with Crippen molar-refractivity contribution < 1.29 is 9.59 Å². The average Bonchev–Trinajstić information content (AvgIpc) is 3.00. The summed E-state index contributed by atoms with van der Waals surface area (Å²) in [4.78, 5) is 28.4. The second-order valence-electron chi connectivity index (χ2n) is 6.59. The molecule has 1 fully saturated rings. The summed E-state index contributed by atoms with van der Waals surface area (Å²) in [6.45, 7) is 2.65. The standard InChI is InChI=1S/C21H23N5O2/c22-15-17-7-9-19(10-8-17)24-21(28)26-12-4-11-25(13-14-26)20(27)23-16-18-5-2-1-3-6-18/h1-3,5-10H,4,11-14,16H2,(H,23,27)(H,24,28). The van der Waals surface area contributed by atoms with Gasteiger partial charge in [0.05, 0.1) is 11.6 Å². The molecule has 7 heteroatoms. The lowest BCUT2D eigenvalue weighted by Crippen LogP contribution is -2.43. The van der Waals surface area contributed by atoms with Crippen LogP contribution in [0.5, 0.6) is 0 Å². The van der Waals surface area contributed by atoms with Gasteiger partial charge >= 0.3 is 12.1 Å². The highest BCUT2D eigenvalue weighted by molar-refractivity contribution is 5.89. The van der Waals surface area contributed by atoms with Gasteiger partial charge in [0.2, 0.25) is 0 Å². The molecular formula is C21H23N5O2. The summed E-state index contributed by atoms with van der Waals surface area (Å²) >= 11 is 0. The van der Waals surface area contributed by atoms with E-state index in [1.807, 2.05) is 36.4 Å². The highest BCUT2D eigenvalue weighted by Gasteiger charge is 2.22. The Morgan fingerprint density at radius 2 is 1.54 bits per heavy atom. The first-order valence-electron chi connectivity index (χ1n) is 9.28. The van der Waals surface area contributed by atoms with Gasteiger partial charge in [-0.1, -0.05) is 30.3 Å². The van der Waals surface area contributed by atoms with Gasteiger partial charge in [-0.15, -0.1) is 0 Å². The Bertz CT molecular complexity index is 845. The molecule has 0 aliphatic carbocycles. The minimum absolute atomic E-state index is 0.113. The first-order chi connectivity index (χ1) is 13.7. The van der Waals surface area contributed by atoms with E-state index in [0.29, 0.717) is 44.0 Å². The molecule has 2 aromatic rings. The van der Waals surface area contributed by atoms with Crippen LogP contribution in [0.3, 0.4) is 0 Å². The molecule has 3 rings (SSSR count). The van der Waals surface area contributed by atoms with E-state index in [2.05, 4.69) is 10.6 Å². The van der Waals surface area contributed by atoms with Crippen molar-refractivity contribution in [2.75, 3.05) is 31.5 Å². The molecule has 2 aromatic carbocycles. The van der Waals surface area contributed by atoms with Crippen molar-refractivity contribution in [3.63, 3.8) is 0 Å². The van der Waals surface area contributed by atoms with E-state index in [9.17, 15) is 9.59 Å². The predicted molar refractivity (Wildman–Crippen MR) is 107 cm³/mol. The van der Waals surface area contributed by atoms with E-state index in [0.717, 1.165) is 12.0 Å². The summed E-state index contributed by atoms with van der Waals surface area (Å²) in [7, 11) is 0. The van der Waals surface area contributed by atoms with Crippen molar-refractivity contribution in [2.24, 2.45) is 0 Å². The molecule has 0 unspecified atom stereocenters. The molecule has 4 amide bonds. The van der Waals surface area contributed by atoms with E-state index in [-0.39, 0.29) is 12.1 Å². The monoisotopic (exact) mass is 377 g/mol. The topological polar surface area (TPSA) is 88.5 Å². The number of carbonyl (C=O) groups excluding carboxylic acids is 2. The first-order valence-corrected chi connectivity index (χ1v) is 9.28. The number of rotatable bonds is 3. The Morgan fingerprint density at radius 3 is 2.18 bits per heavy atom. The van der Waals surface area contributed by atoms with Crippen LogP contribution >= 0.6 is 0 Å². The number of nitrogens with one attached hydrogen (secondary N) is 2. The zero-order valence-corrected chi connectivity index (χ0v) is 15.6. The molecule has 0 spiro atoms. The summed E-state index contributed by atoms with van der Waals surface area (Å²) in [5.74, 6) is 0. The third kappa shape index (κ3) is 5.24. The molecule has 0 saturated carbocycles. The highest BCUT2D eigenvalue weighted by Crippen LogP contribution is 2.11. The maximum absolute atomic E-state index is 12.5. The fourth-order valence-electron chi connectivity index (χ4n) is 3.04. The third-order valence-electron chi connectivity index (χ3n) is 4.62. The number of carbonyl (C=O) groups is 2. The quantitative estimate of drug-likeness (QED) is 0.862. The van der Waals surface area contributed by atoms with E-state index >= 15 is 0 Å². The third-order valence-corrected chi connectivity index (χ3v) is 4.62. The maximum atomic E-state index is 12.5. The largest absolute Gasteiger partial charge is 0.334 e. The molecule has 7 nitrogen and oxygen atoms in total. The number of hydrogen-bond acceptors (Lipinski definition) is 3. The summed E-state index contributed by atoms with van der Waals surface area (Å²) in [6, 6.07) is 18.2. The second-order valence-corrected chi connectivity index (χ2v) is 6.59. The Hall–Kier alpha value is -3.53. The van der Waals surface area contributed by atoms with Gasteiger partial charge in [-0.3, -0.25) is 0 Å². The number of nitriles is 1. The van der Waals surface area contributed by atoms with Crippen molar-refractivity contribution >= 4 is 17.7 Å². The lowest BCUT2D eigenvalue weighted by Gasteiger charge is -2.22. The highest BCUT2D eigenvalue weighted by atomic mass is 16.2. The molecule has 1 saturated heterocycles. The van der Waals surface area contributed by atoms with Crippen LogP contribution in [0.4, 0.5) is 15.3 Å². The first kappa shape index (κ1) is 19.2. The van der Waals surface area contributed by atoms with Crippen molar-refractivity contribution in [3.8, 4) is 6.07 Å². The number of anilines is 1. The zero-order valence-electron chi connectivity index (χ0n) is 15.6. The van der Waals surface area contributed by atoms with Crippen LogP contribution in [0.1, 0.15) is 17.5 Å². The molecule has 0 radical (unpaired) electrons. The predicted octanol–water partition coefficient (Wildman–Crippen LogP) is 3.01. The fraction of sp³-hybridized carbons (Fsp3) is 0.286. The van der Waals surface area contributed by atoms with Gasteiger partial charge in [0, 0.05) is 38.4 Å². The van der Waals surface area contributed by atoms with Gasteiger partial charge in [-0.2, -0.15) is 5.26 Å². The minimum atomic E-state index is -0.198. The number of nitrogens with zero attached hydrogens (tertiary/aromatic N) is 3. The van der Waals surface area contributed by atoms with Gasteiger partial charge in [-0.05, 0) is 36.2 Å². The Morgan fingerprint density at radius 1 is 0.893 bits per heavy atom. The van der Waals surface area contributed by atoms with E-state index in [4.69, 9.17) is 5.26 Å². The van der Waals surface area contributed by atoms with Crippen LogP contribution in [0.15, 0.2) is 54.6 Å². The van der Waals surface area contributed by atoms with Crippen LogP contribution in [0, 0.1) is 11.3 Å². The number of urea groups is 2. The van der Waals surface area contributed by atoms with Crippen molar-refractivity contribution in [3.05, 3.63) is 65.7 Å². The van der Waals surface area contributed by atoms with Crippen LogP contribution < -0.4 is 10.6 Å². The average molecular weight is 377 g/mol. The fourth-order valence-corrected chi connectivity index (χ4v) is 3.04. The summed E-state index contributed by atoms with van der Waals surface area (Å²) < 4.78 is 0. The Kier molecular flexibility index (Phi) is 6.47. The molecular weight excluding hydrogens is 354 g/mol. The lowest BCUT2D eigenvalue weighted by molar-refractivity contribution is 0.195. The van der Waals surface area contributed by atoms with Gasteiger partial charge in [-0.25, -0.2) is 9.59 Å². The molecule has 144 valence electrons. The second kappa shape index (κ2) is 9.42. The van der Waals surface area contributed by atoms with Crippen LogP contribution in [0.25, 0.3) is 0 Å². The number of benzene rings is 2. The summed E-state index contributed by atoms with van der Waals surface area (Å²) in [6.07, 6.45) is 0.722. The molecule has 2 N–H and O–H groups in total. The number of amides is 4. The van der Waals surface area contributed by atoms with Gasteiger partial charge < -0.3 is 20.4 Å². The molecule has 0 aromatic heterocycles. The lowest BCUT2D eigenvalue weighted by atomic mass is 10.2. The van der Waals surface area contributed by atoms with E-state index in [1.54, 1.807) is 34.1 Å². The van der Waals surface area contributed by atoms with Crippen LogP contribution in [-0.4, -0.2) is 48.0 Å². The zero-order chi connectivity index (χ0) is 19.8. The van der Waals surface area contributed by atoms with Gasteiger partial charge in [0.25, 0.3) is 0 Å².